The first kappa shape index (κ1) is 21.7. The summed E-state index contributed by atoms with van der Waals surface area (Å²) in [6.07, 6.45) is -1.81. The van der Waals surface area contributed by atoms with Crippen LogP contribution in [-0.4, -0.2) is 67.0 Å². The first-order chi connectivity index (χ1) is 13.0. The summed E-state index contributed by atoms with van der Waals surface area (Å²) in [6, 6.07) is 0. The minimum Gasteiger partial charge on any atom is -0.496 e. The first-order valence-electron chi connectivity index (χ1n) is 8.73. The minimum absolute atomic E-state index is 0.0195. The molecule has 0 aromatic rings. The fraction of sp³-hybridized carbons (Fsp3) is 0.667. The normalized spacial score (nSPS) is 24.1. The van der Waals surface area contributed by atoms with Crippen molar-refractivity contribution in [1.29, 1.82) is 0 Å². The van der Waals surface area contributed by atoms with Gasteiger partial charge in [0, 0.05) is 13.8 Å². The van der Waals surface area contributed by atoms with Crippen LogP contribution in [0.1, 0.15) is 34.6 Å². The molecule has 1 fully saturated rings. The molecular formula is C18H25NO9. The molecule has 0 bridgehead atoms. The smallest absolute Gasteiger partial charge is 0.359 e. The highest BCUT2D eigenvalue weighted by Gasteiger charge is 2.58. The quantitative estimate of drug-likeness (QED) is 0.357. The van der Waals surface area contributed by atoms with Crippen LogP contribution in [0.4, 0.5) is 0 Å². The molecule has 0 N–H and O–H groups in total. The topological polar surface area (TPSA) is 118 Å². The molecule has 0 unspecified atom stereocenters. The Balaban J connectivity index is 2.37. The monoisotopic (exact) mass is 399 g/mol. The molecular weight excluding hydrogens is 374 g/mol. The molecule has 0 saturated carbocycles. The summed E-state index contributed by atoms with van der Waals surface area (Å²) in [5, 5.41) is 0. The molecule has 2 heterocycles. The molecule has 2 aliphatic rings. The molecule has 3 atom stereocenters. The maximum Gasteiger partial charge on any atom is 0.359 e. The van der Waals surface area contributed by atoms with E-state index in [2.05, 4.69) is 0 Å². The number of nitrogens with zero attached hydrogens (tertiary/aromatic N) is 1. The van der Waals surface area contributed by atoms with Crippen molar-refractivity contribution < 1.29 is 42.9 Å². The van der Waals surface area contributed by atoms with Crippen LogP contribution in [0.15, 0.2) is 11.5 Å². The summed E-state index contributed by atoms with van der Waals surface area (Å²) in [7, 11) is 1.31. The molecule has 156 valence electrons. The number of hydrogen-bond acceptors (Lipinski definition) is 9. The predicted octanol–water partition coefficient (Wildman–Crippen LogP) is 0.496. The van der Waals surface area contributed by atoms with Crippen molar-refractivity contribution in [2.24, 2.45) is 5.92 Å². The summed E-state index contributed by atoms with van der Waals surface area (Å²) in [6.45, 7) is 7.10. The van der Waals surface area contributed by atoms with Crippen molar-refractivity contribution in [3.63, 3.8) is 0 Å². The molecule has 0 aliphatic carbocycles. The number of carbonyl (C=O) groups excluding carboxylic acids is 4. The van der Waals surface area contributed by atoms with Gasteiger partial charge in [-0.3, -0.25) is 19.3 Å². The van der Waals surface area contributed by atoms with Gasteiger partial charge in [0.25, 0.3) is 0 Å². The lowest BCUT2D eigenvalue weighted by Crippen LogP contribution is -2.67. The summed E-state index contributed by atoms with van der Waals surface area (Å²) in [4.78, 5) is 48.7. The molecule has 0 aromatic carbocycles. The van der Waals surface area contributed by atoms with Crippen LogP contribution < -0.4 is 0 Å². The third-order valence-electron chi connectivity index (χ3n) is 3.94. The summed E-state index contributed by atoms with van der Waals surface area (Å²) >= 11 is 0. The van der Waals surface area contributed by atoms with E-state index in [9.17, 15) is 19.2 Å². The van der Waals surface area contributed by atoms with Gasteiger partial charge in [0.1, 0.15) is 24.7 Å². The van der Waals surface area contributed by atoms with E-state index in [4.69, 9.17) is 23.7 Å². The van der Waals surface area contributed by atoms with Gasteiger partial charge in [-0.25, -0.2) is 4.79 Å². The van der Waals surface area contributed by atoms with E-state index in [1.807, 2.05) is 0 Å². The number of methoxy groups -OCH3 is 1. The van der Waals surface area contributed by atoms with E-state index >= 15 is 0 Å². The number of β-lactam (4-membered cyclic amide) rings is 1. The second kappa shape index (κ2) is 8.17. The fourth-order valence-electron chi connectivity index (χ4n) is 2.84. The Bertz CT molecular complexity index is 706. The predicted molar refractivity (Wildman–Crippen MR) is 92.1 cm³/mol. The highest BCUT2D eigenvalue weighted by atomic mass is 16.6. The zero-order valence-electron chi connectivity index (χ0n) is 16.8. The Labute approximate surface area is 162 Å². The SMILES string of the molecule is COC1=C(C(=O)OC(C)(C)C)N2C(=O)[C@H](COC(C)=O)[C@@H]2O[C@H]1COC(C)=O. The lowest BCUT2D eigenvalue weighted by molar-refractivity contribution is -0.221. The van der Waals surface area contributed by atoms with Crippen molar-refractivity contribution >= 4 is 23.8 Å². The van der Waals surface area contributed by atoms with E-state index in [0.717, 1.165) is 4.90 Å². The second-order valence-electron chi connectivity index (χ2n) is 7.35. The van der Waals surface area contributed by atoms with Crippen LogP contribution in [0, 0.1) is 5.92 Å². The molecule has 10 nitrogen and oxygen atoms in total. The molecule has 1 amide bonds. The largest absolute Gasteiger partial charge is 0.496 e. The summed E-state index contributed by atoms with van der Waals surface area (Å²) in [5.74, 6) is -3.09. The van der Waals surface area contributed by atoms with E-state index in [1.165, 1.54) is 21.0 Å². The third kappa shape index (κ3) is 4.61. The maximum atomic E-state index is 12.8. The number of carbonyl (C=O) groups is 4. The maximum absolute atomic E-state index is 12.8. The highest BCUT2D eigenvalue weighted by Crippen LogP contribution is 2.40. The van der Waals surface area contributed by atoms with Crippen LogP contribution in [-0.2, 0) is 42.9 Å². The summed E-state index contributed by atoms with van der Waals surface area (Å²) in [5.41, 5.74) is -0.928. The number of fused-ring (bicyclic) bond motifs is 1. The summed E-state index contributed by atoms with van der Waals surface area (Å²) < 4.78 is 26.4. The molecule has 0 spiro atoms. The van der Waals surface area contributed by atoms with Gasteiger partial charge in [0.05, 0.1) is 7.11 Å². The Morgan fingerprint density at radius 3 is 2.14 bits per heavy atom. The van der Waals surface area contributed by atoms with Gasteiger partial charge in [-0.1, -0.05) is 0 Å². The lowest BCUT2D eigenvalue weighted by Gasteiger charge is -2.50. The Morgan fingerprint density at radius 1 is 1.07 bits per heavy atom. The zero-order valence-corrected chi connectivity index (χ0v) is 16.8. The number of esters is 3. The Kier molecular flexibility index (Phi) is 6.33. The number of amides is 1. The number of hydrogen-bond donors (Lipinski definition) is 0. The molecule has 28 heavy (non-hydrogen) atoms. The number of rotatable bonds is 6. The average molecular weight is 399 g/mol. The Morgan fingerprint density at radius 2 is 1.64 bits per heavy atom. The van der Waals surface area contributed by atoms with Crippen molar-refractivity contribution in [2.45, 2.75) is 52.6 Å². The van der Waals surface area contributed by atoms with Crippen molar-refractivity contribution in [3.8, 4) is 0 Å². The minimum atomic E-state index is -0.925. The van der Waals surface area contributed by atoms with Gasteiger partial charge in [0.15, 0.2) is 23.8 Å². The van der Waals surface area contributed by atoms with E-state index in [-0.39, 0.29) is 24.7 Å². The van der Waals surface area contributed by atoms with E-state index in [0.29, 0.717) is 0 Å². The molecule has 10 heteroatoms. The third-order valence-corrected chi connectivity index (χ3v) is 3.94. The van der Waals surface area contributed by atoms with Gasteiger partial charge in [-0.05, 0) is 20.8 Å². The molecule has 2 aliphatic heterocycles. The van der Waals surface area contributed by atoms with Crippen molar-refractivity contribution in [1.82, 2.24) is 4.90 Å². The second-order valence-corrected chi connectivity index (χ2v) is 7.35. The van der Waals surface area contributed by atoms with Crippen LogP contribution in [0.3, 0.4) is 0 Å². The standard InChI is InChI=1S/C18H25NO9/c1-9(20)25-7-11-15(22)19-13(17(23)28-18(3,4)5)14(24-6)12(27-16(11)19)8-26-10(2)21/h11-12,16H,7-8H2,1-6H3/t11-,12-,16-/m0/s1. The van der Waals surface area contributed by atoms with E-state index in [1.54, 1.807) is 20.8 Å². The molecule has 2 rings (SSSR count). The van der Waals surface area contributed by atoms with Crippen LogP contribution in [0.5, 0.6) is 0 Å². The van der Waals surface area contributed by atoms with Gasteiger partial charge in [-0.2, -0.15) is 0 Å². The van der Waals surface area contributed by atoms with Crippen LogP contribution in [0.25, 0.3) is 0 Å². The molecule has 1 saturated heterocycles. The fourth-order valence-corrected chi connectivity index (χ4v) is 2.84. The van der Waals surface area contributed by atoms with Crippen molar-refractivity contribution in [3.05, 3.63) is 11.5 Å². The van der Waals surface area contributed by atoms with E-state index < -0.39 is 47.7 Å². The average Bonchev–Trinajstić information content (AvgIpc) is 2.56. The highest BCUT2D eigenvalue weighted by molar-refractivity contribution is 5.99. The molecule has 0 aromatic heterocycles. The van der Waals surface area contributed by atoms with Crippen LogP contribution >= 0.6 is 0 Å². The zero-order chi connectivity index (χ0) is 21.2. The van der Waals surface area contributed by atoms with Crippen molar-refractivity contribution in [2.75, 3.05) is 20.3 Å². The van der Waals surface area contributed by atoms with Gasteiger partial charge in [0.2, 0.25) is 5.91 Å². The lowest BCUT2D eigenvalue weighted by atomic mass is 9.92. The first-order valence-corrected chi connectivity index (χ1v) is 8.73. The van der Waals surface area contributed by atoms with Crippen LogP contribution in [0.2, 0.25) is 0 Å². The molecule has 0 radical (unpaired) electrons. The van der Waals surface area contributed by atoms with Gasteiger partial charge < -0.3 is 23.7 Å². The number of ether oxygens (including phenoxy) is 5. The Hall–Kier alpha value is -2.62. The van der Waals surface area contributed by atoms with Gasteiger partial charge in [-0.15, -0.1) is 0 Å². The van der Waals surface area contributed by atoms with Gasteiger partial charge >= 0.3 is 17.9 Å².